The highest BCUT2D eigenvalue weighted by atomic mass is 16.1. The Morgan fingerprint density at radius 3 is 2.88 bits per heavy atom. The number of amides is 1. The van der Waals surface area contributed by atoms with Gasteiger partial charge >= 0.3 is 0 Å². The predicted molar refractivity (Wildman–Crippen MR) is 97.6 cm³/mol. The minimum Gasteiger partial charge on any atom is -0.357 e. The zero-order chi connectivity index (χ0) is 16.4. The third kappa shape index (κ3) is 2.65. The Kier molecular flexibility index (Phi) is 3.55. The van der Waals surface area contributed by atoms with Crippen molar-refractivity contribution in [3.05, 3.63) is 72.4 Å². The molecular formula is C18H21N5O. The molecule has 3 aromatic heterocycles. The van der Waals surface area contributed by atoms with Crippen LogP contribution in [0.2, 0.25) is 0 Å². The van der Waals surface area contributed by atoms with Crippen molar-refractivity contribution < 1.29 is 9.07 Å². The van der Waals surface area contributed by atoms with Crippen molar-refractivity contribution in [2.75, 3.05) is 0 Å². The Labute approximate surface area is 142 Å². The van der Waals surface area contributed by atoms with Crippen molar-refractivity contribution in [2.24, 2.45) is 0 Å². The number of benzene rings is 1. The van der Waals surface area contributed by atoms with Crippen molar-refractivity contribution in [1.82, 2.24) is 25.3 Å². The fourth-order valence-electron chi connectivity index (χ4n) is 2.64. The van der Waals surface area contributed by atoms with E-state index in [1.54, 1.807) is 12.3 Å². The summed E-state index contributed by atoms with van der Waals surface area (Å²) in [6.45, 7) is 0.490. The minimum absolute atomic E-state index is 0. The summed E-state index contributed by atoms with van der Waals surface area (Å²) < 4.78 is 0. The van der Waals surface area contributed by atoms with Crippen molar-refractivity contribution >= 4 is 16.9 Å². The summed E-state index contributed by atoms with van der Waals surface area (Å²) in [5.41, 5.74) is 3.98. The first kappa shape index (κ1) is 14.2. The van der Waals surface area contributed by atoms with Crippen molar-refractivity contribution in [3.8, 4) is 11.3 Å². The van der Waals surface area contributed by atoms with Gasteiger partial charge in [-0.25, -0.2) is 9.97 Å². The molecule has 3 heterocycles. The Morgan fingerprint density at radius 2 is 2.00 bits per heavy atom. The second kappa shape index (κ2) is 6.00. The molecule has 0 unspecified atom stereocenters. The number of H-pyrrole nitrogens is 2. The number of aromatic nitrogens is 4. The highest BCUT2D eigenvalue weighted by Gasteiger charge is 2.12. The molecule has 0 bridgehead atoms. The van der Waals surface area contributed by atoms with Crippen LogP contribution in [0.4, 0.5) is 0 Å². The molecule has 3 N–H and O–H groups in total. The highest BCUT2D eigenvalue weighted by molar-refractivity contribution is 5.96. The first-order valence-electron chi connectivity index (χ1n) is 7.60. The van der Waals surface area contributed by atoms with Crippen LogP contribution in [0.1, 0.15) is 20.3 Å². The molecule has 6 nitrogen and oxygen atoms in total. The lowest BCUT2D eigenvalue weighted by Crippen LogP contribution is -2.22. The van der Waals surface area contributed by atoms with Crippen LogP contribution >= 0.6 is 0 Å². The van der Waals surface area contributed by atoms with Gasteiger partial charge in [-0.15, -0.1) is 0 Å². The molecule has 124 valence electrons. The SMILES string of the molecule is O=C(NCc1ccccc1)c1cc(-c2ncnc3[nH]ccc23)c[nH]1.[HH].[HH].[HH]. The first-order chi connectivity index (χ1) is 11.8. The Bertz CT molecular complexity index is 1000. The van der Waals surface area contributed by atoms with Gasteiger partial charge in [0.05, 0.1) is 5.69 Å². The summed E-state index contributed by atoms with van der Waals surface area (Å²) in [5, 5.41) is 3.83. The standard InChI is InChI=1S/C18H15N5O.3H2/c24-18(21-9-12-4-2-1-3-5-12)15-8-13(10-20-15)16-14-6-7-19-17(14)23-11-22-16;;;/h1-8,10-11,20H,9H2,(H,21,24)(H,19,22,23);3*1H. The van der Waals surface area contributed by atoms with Crippen LogP contribution in [0.5, 0.6) is 0 Å². The third-order valence-corrected chi connectivity index (χ3v) is 3.85. The van der Waals surface area contributed by atoms with Crippen LogP contribution in [0, 0.1) is 0 Å². The molecule has 1 aromatic carbocycles. The zero-order valence-corrected chi connectivity index (χ0v) is 12.8. The fraction of sp³-hybridized carbons (Fsp3) is 0.0556. The van der Waals surface area contributed by atoms with Crippen LogP contribution in [0.3, 0.4) is 0 Å². The van der Waals surface area contributed by atoms with E-state index in [0.29, 0.717) is 12.2 Å². The number of nitrogens with zero attached hydrogens (tertiary/aromatic N) is 2. The molecule has 4 rings (SSSR count). The topological polar surface area (TPSA) is 86.5 Å². The lowest BCUT2D eigenvalue weighted by molar-refractivity contribution is 0.0946. The first-order valence-corrected chi connectivity index (χ1v) is 7.60. The summed E-state index contributed by atoms with van der Waals surface area (Å²) in [6, 6.07) is 13.5. The Balaban J connectivity index is 0.00000121. The maximum absolute atomic E-state index is 12.3. The summed E-state index contributed by atoms with van der Waals surface area (Å²) in [7, 11) is 0. The largest absolute Gasteiger partial charge is 0.357 e. The van der Waals surface area contributed by atoms with Gasteiger partial charge < -0.3 is 15.3 Å². The summed E-state index contributed by atoms with van der Waals surface area (Å²) >= 11 is 0. The smallest absolute Gasteiger partial charge is 0.267 e. The average Bonchev–Trinajstić information content (AvgIpc) is 3.29. The van der Waals surface area contributed by atoms with E-state index in [1.165, 1.54) is 6.33 Å². The second-order valence-electron chi connectivity index (χ2n) is 5.43. The van der Waals surface area contributed by atoms with E-state index < -0.39 is 0 Å². The quantitative estimate of drug-likeness (QED) is 0.536. The molecular weight excluding hydrogens is 302 g/mol. The lowest BCUT2D eigenvalue weighted by atomic mass is 10.1. The molecule has 1 amide bonds. The van der Waals surface area contributed by atoms with Crippen LogP contribution in [0.25, 0.3) is 22.3 Å². The molecule has 0 aliphatic rings. The second-order valence-corrected chi connectivity index (χ2v) is 5.43. The van der Waals surface area contributed by atoms with Crippen molar-refractivity contribution in [3.63, 3.8) is 0 Å². The normalized spacial score (nSPS) is 10.8. The monoisotopic (exact) mass is 323 g/mol. The van der Waals surface area contributed by atoms with Gasteiger partial charge in [0.25, 0.3) is 5.91 Å². The molecule has 0 saturated carbocycles. The molecule has 4 aromatic rings. The van der Waals surface area contributed by atoms with Crippen molar-refractivity contribution in [2.45, 2.75) is 6.54 Å². The molecule has 24 heavy (non-hydrogen) atoms. The Hall–Kier alpha value is -3.41. The third-order valence-electron chi connectivity index (χ3n) is 3.85. The average molecular weight is 323 g/mol. The predicted octanol–water partition coefficient (Wildman–Crippen LogP) is 3.62. The van der Waals surface area contributed by atoms with Crippen LogP contribution in [0.15, 0.2) is 61.2 Å². The van der Waals surface area contributed by atoms with Gasteiger partial charge in [0.15, 0.2) is 0 Å². The number of carbonyl (C=O) groups is 1. The number of carbonyl (C=O) groups excluding carboxylic acids is 1. The number of aromatic amines is 2. The van der Waals surface area contributed by atoms with Crippen LogP contribution in [-0.4, -0.2) is 25.8 Å². The van der Waals surface area contributed by atoms with E-state index in [2.05, 4.69) is 25.3 Å². The van der Waals surface area contributed by atoms with E-state index in [-0.39, 0.29) is 10.2 Å². The van der Waals surface area contributed by atoms with Gasteiger partial charge in [-0.05, 0) is 17.7 Å². The van der Waals surface area contributed by atoms with Gasteiger partial charge in [-0.3, -0.25) is 4.79 Å². The van der Waals surface area contributed by atoms with Crippen molar-refractivity contribution in [1.29, 1.82) is 0 Å². The summed E-state index contributed by atoms with van der Waals surface area (Å²) in [6.07, 6.45) is 5.12. The molecule has 0 atom stereocenters. The number of hydrogen-bond acceptors (Lipinski definition) is 3. The minimum atomic E-state index is -0.149. The molecule has 0 saturated heterocycles. The maximum Gasteiger partial charge on any atom is 0.267 e. The van der Waals surface area contributed by atoms with E-state index in [1.807, 2.05) is 42.6 Å². The van der Waals surface area contributed by atoms with Gasteiger partial charge in [-0.2, -0.15) is 0 Å². The lowest BCUT2D eigenvalue weighted by Gasteiger charge is -2.03. The van der Waals surface area contributed by atoms with Gasteiger partial charge in [0, 0.05) is 34.2 Å². The van der Waals surface area contributed by atoms with Crippen LogP contribution in [-0.2, 0) is 6.54 Å². The Morgan fingerprint density at radius 1 is 1.12 bits per heavy atom. The van der Waals surface area contributed by atoms with E-state index >= 15 is 0 Å². The van der Waals surface area contributed by atoms with E-state index in [9.17, 15) is 4.79 Å². The molecule has 0 aliphatic carbocycles. The number of nitrogens with one attached hydrogen (secondary N) is 3. The molecule has 0 spiro atoms. The fourth-order valence-corrected chi connectivity index (χ4v) is 2.64. The van der Waals surface area contributed by atoms with Crippen LogP contribution < -0.4 is 5.32 Å². The number of fused-ring (bicyclic) bond motifs is 1. The van der Waals surface area contributed by atoms with E-state index in [4.69, 9.17) is 0 Å². The molecule has 6 heteroatoms. The maximum atomic E-state index is 12.3. The summed E-state index contributed by atoms with van der Waals surface area (Å²) in [5.74, 6) is -0.149. The summed E-state index contributed by atoms with van der Waals surface area (Å²) in [4.78, 5) is 26.9. The molecule has 0 aliphatic heterocycles. The molecule has 0 radical (unpaired) electrons. The van der Waals surface area contributed by atoms with E-state index in [0.717, 1.165) is 27.9 Å². The van der Waals surface area contributed by atoms with Gasteiger partial charge in [0.1, 0.15) is 17.7 Å². The highest BCUT2D eigenvalue weighted by Crippen LogP contribution is 2.25. The molecule has 0 fully saturated rings. The number of rotatable bonds is 4. The van der Waals surface area contributed by atoms with Gasteiger partial charge in [-0.1, -0.05) is 30.3 Å². The zero-order valence-electron chi connectivity index (χ0n) is 12.8. The number of hydrogen-bond donors (Lipinski definition) is 3. The van der Waals surface area contributed by atoms with Gasteiger partial charge in [0.2, 0.25) is 0 Å².